The molecule has 0 amide bonds. The summed E-state index contributed by atoms with van der Waals surface area (Å²) < 4.78 is 11.6. The summed E-state index contributed by atoms with van der Waals surface area (Å²) in [6.45, 7) is 15.3. The molecule has 4 nitrogen and oxygen atoms in total. The Kier molecular flexibility index (Phi) is 5.05. The molecule has 1 atom stereocenters. The van der Waals surface area contributed by atoms with E-state index in [9.17, 15) is 0 Å². The predicted octanol–water partition coefficient (Wildman–Crippen LogP) is 2.02. The van der Waals surface area contributed by atoms with Crippen LogP contribution in [0, 0.1) is 0 Å². The summed E-state index contributed by atoms with van der Waals surface area (Å²) in [4.78, 5) is 2.46. The lowest BCUT2D eigenvalue weighted by molar-refractivity contribution is -0.111. The molecule has 0 spiro atoms. The average molecular weight is 272 g/mol. The summed E-state index contributed by atoms with van der Waals surface area (Å²) in [6.07, 6.45) is 0.950. The molecule has 4 heteroatoms. The topological polar surface area (TPSA) is 47.7 Å². The van der Waals surface area contributed by atoms with Crippen molar-refractivity contribution in [3.8, 4) is 0 Å². The molecule has 0 radical (unpaired) electrons. The lowest BCUT2D eigenvalue weighted by atomic mass is 9.76. The smallest absolute Gasteiger partial charge is 0.0830 e. The van der Waals surface area contributed by atoms with Gasteiger partial charge in [-0.2, -0.15) is 0 Å². The number of nitrogens with two attached hydrogens (primary N) is 1. The molecule has 0 aliphatic carbocycles. The van der Waals surface area contributed by atoms with E-state index in [1.54, 1.807) is 7.11 Å². The van der Waals surface area contributed by atoms with Gasteiger partial charge in [0, 0.05) is 26.2 Å². The third-order valence-corrected chi connectivity index (χ3v) is 4.42. The van der Waals surface area contributed by atoms with Gasteiger partial charge in [0.25, 0.3) is 0 Å². The fourth-order valence-corrected chi connectivity index (χ4v) is 3.78. The lowest BCUT2D eigenvalue weighted by Crippen LogP contribution is -2.65. The van der Waals surface area contributed by atoms with Crippen LogP contribution in [0.2, 0.25) is 0 Å². The number of rotatable bonds is 6. The Labute approximate surface area is 118 Å². The van der Waals surface area contributed by atoms with Crippen molar-refractivity contribution < 1.29 is 9.47 Å². The van der Waals surface area contributed by atoms with Gasteiger partial charge in [0.1, 0.15) is 0 Å². The SMILES string of the molecule is COCCN(C(C)C)C1(CN)CC(C)(C)OC1(C)C. The van der Waals surface area contributed by atoms with Gasteiger partial charge in [0.15, 0.2) is 0 Å². The van der Waals surface area contributed by atoms with Crippen molar-refractivity contribution in [2.24, 2.45) is 5.73 Å². The number of nitrogens with zero attached hydrogens (tertiary/aromatic N) is 1. The minimum Gasteiger partial charge on any atom is -0.383 e. The predicted molar refractivity (Wildman–Crippen MR) is 79.4 cm³/mol. The van der Waals surface area contributed by atoms with Crippen LogP contribution in [0.1, 0.15) is 48.0 Å². The Hall–Kier alpha value is -0.160. The second-order valence-electron chi connectivity index (χ2n) is 7.06. The summed E-state index contributed by atoms with van der Waals surface area (Å²) in [5.41, 5.74) is 5.68. The molecule has 0 aromatic heterocycles. The van der Waals surface area contributed by atoms with Gasteiger partial charge in [0.05, 0.1) is 23.3 Å². The minimum atomic E-state index is -0.261. The number of hydrogen-bond donors (Lipinski definition) is 1. The molecule has 0 bridgehead atoms. The molecule has 1 fully saturated rings. The molecule has 0 aromatic rings. The maximum absolute atomic E-state index is 6.29. The van der Waals surface area contributed by atoms with Crippen LogP contribution in [0.4, 0.5) is 0 Å². The highest BCUT2D eigenvalue weighted by Crippen LogP contribution is 2.48. The Morgan fingerprint density at radius 3 is 2.16 bits per heavy atom. The van der Waals surface area contributed by atoms with E-state index in [1.807, 2.05) is 0 Å². The molecule has 1 aliphatic heterocycles. The van der Waals surface area contributed by atoms with E-state index in [0.29, 0.717) is 12.6 Å². The summed E-state index contributed by atoms with van der Waals surface area (Å²) in [6, 6.07) is 0.412. The van der Waals surface area contributed by atoms with Gasteiger partial charge >= 0.3 is 0 Å². The summed E-state index contributed by atoms with van der Waals surface area (Å²) in [7, 11) is 1.74. The van der Waals surface area contributed by atoms with Crippen molar-refractivity contribution in [3.05, 3.63) is 0 Å². The van der Waals surface area contributed by atoms with Crippen molar-refractivity contribution in [1.82, 2.24) is 4.90 Å². The Morgan fingerprint density at radius 1 is 1.26 bits per heavy atom. The van der Waals surface area contributed by atoms with Crippen molar-refractivity contribution in [2.75, 3.05) is 26.8 Å². The quantitative estimate of drug-likeness (QED) is 0.803. The lowest BCUT2D eigenvalue weighted by Gasteiger charge is -2.49. The molecule has 114 valence electrons. The number of ether oxygens (including phenoxy) is 2. The van der Waals surface area contributed by atoms with Crippen LogP contribution in [-0.2, 0) is 9.47 Å². The van der Waals surface area contributed by atoms with E-state index in [0.717, 1.165) is 19.6 Å². The summed E-state index contributed by atoms with van der Waals surface area (Å²) in [5.74, 6) is 0. The van der Waals surface area contributed by atoms with E-state index in [-0.39, 0.29) is 16.7 Å². The van der Waals surface area contributed by atoms with Gasteiger partial charge < -0.3 is 15.2 Å². The normalized spacial score (nSPS) is 29.4. The zero-order valence-electron chi connectivity index (χ0n) is 13.7. The fraction of sp³-hybridized carbons (Fsp3) is 1.00. The van der Waals surface area contributed by atoms with Crippen molar-refractivity contribution in [2.45, 2.75) is 70.7 Å². The molecule has 0 aromatic carbocycles. The van der Waals surface area contributed by atoms with Gasteiger partial charge in [-0.05, 0) is 48.0 Å². The molecule has 1 saturated heterocycles. The maximum atomic E-state index is 6.29. The first-order chi connectivity index (χ1) is 8.62. The van der Waals surface area contributed by atoms with Crippen molar-refractivity contribution >= 4 is 0 Å². The third-order valence-electron chi connectivity index (χ3n) is 4.42. The second kappa shape index (κ2) is 5.68. The molecule has 1 rings (SSSR count). The number of methoxy groups -OCH3 is 1. The first kappa shape index (κ1) is 16.9. The minimum absolute atomic E-state index is 0.136. The van der Waals surface area contributed by atoms with E-state index in [2.05, 4.69) is 46.4 Å². The standard InChI is InChI=1S/C15H32N2O2/c1-12(2)17(8-9-18-7)15(11-16)10-13(3,4)19-14(15,5)6/h12H,8-11,16H2,1-7H3. The van der Waals surface area contributed by atoms with Gasteiger partial charge in [0.2, 0.25) is 0 Å². The monoisotopic (exact) mass is 272 g/mol. The van der Waals surface area contributed by atoms with Crippen LogP contribution in [-0.4, -0.2) is 54.5 Å². The Balaban J connectivity index is 3.12. The van der Waals surface area contributed by atoms with Crippen LogP contribution in [0.25, 0.3) is 0 Å². The highest BCUT2D eigenvalue weighted by atomic mass is 16.5. The molecule has 19 heavy (non-hydrogen) atoms. The second-order valence-corrected chi connectivity index (χ2v) is 7.06. The summed E-state index contributed by atoms with van der Waals surface area (Å²) >= 11 is 0. The van der Waals surface area contributed by atoms with E-state index >= 15 is 0 Å². The maximum Gasteiger partial charge on any atom is 0.0830 e. The fourth-order valence-electron chi connectivity index (χ4n) is 3.78. The first-order valence-electron chi connectivity index (χ1n) is 7.28. The van der Waals surface area contributed by atoms with Gasteiger partial charge in [-0.25, -0.2) is 0 Å². The molecular formula is C15H32N2O2. The largest absolute Gasteiger partial charge is 0.383 e. The highest BCUT2D eigenvalue weighted by molar-refractivity contribution is 5.13. The zero-order chi connectivity index (χ0) is 14.9. The molecule has 1 aliphatic rings. The van der Waals surface area contributed by atoms with Crippen LogP contribution in [0.3, 0.4) is 0 Å². The third kappa shape index (κ3) is 3.13. The van der Waals surface area contributed by atoms with Crippen LogP contribution in [0.5, 0.6) is 0 Å². The van der Waals surface area contributed by atoms with Crippen molar-refractivity contribution in [3.63, 3.8) is 0 Å². The molecule has 2 N–H and O–H groups in total. The van der Waals surface area contributed by atoms with E-state index in [4.69, 9.17) is 15.2 Å². The van der Waals surface area contributed by atoms with Gasteiger partial charge in [-0.15, -0.1) is 0 Å². The average Bonchev–Trinajstić information content (AvgIpc) is 2.44. The van der Waals surface area contributed by atoms with Crippen LogP contribution < -0.4 is 5.73 Å². The molecular weight excluding hydrogens is 240 g/mol. The van der Waals surface area contributed by atoms with Crippen LogP contribution >= 0.6 is 0 Å². The Bertz CT molecular complexity index is 303. The number of hydrogen-bond acceptors (Lipinski definition) is 4. The summed E-state index contributed by atoms with van der Waals surface area (Å²) in [5, 5.41) is 0. The molecule has 0 saturated carbocycles. The van der Waals surface area contributed by atoms with Crippen molar-refractivity contribution in [1.29, 1.82) is 0 Å². The Morgan fingerprint density at radius 2 is 1.84 bits per heavy atom. The van der Waals surface area contributed by atoms with Crippen LogP contribution in [0.15, 0.2) is 0 Å². The van der Waals surface area contributed by atoms with Gasteiger partial charge in [-0.1, -0.05) is 0 Å². The zero-order valence-corrected chi connectivity index (χ0v) is 13.7. The highest BCUT2D eigenvalue weighted by Gasteiger charge is 2.59. The van der Waals surface area contributed by atoms with E-state index in [1.165, 1.54) is 0 Å². The van der Waals surface area contributed by atoms with Gasteiger partial charge in [-0.3, -0.25) is 4.90 Å². The van der Waals surface area contributed by atoms with E-state index < -0.39 is 0 Å². The first-order valence-corrected chi connectivity index (χ1v) is 7.28. The molecule has 1 heterocycles. The molecule has 1 unspecified atom stereocenters.